The lowest BCUT2D eigenvalue weighted by Crippen LogP contribution is -2.64. The third-order valence-corrected chi connectivity index (χ3v) is 8.75. The smallest absolute Gasteiger partial charge is 0.249 e. The molecule has 0 spiro atoms. The Bertz CT molecular complexity index is 872. The molecule has 0 aromatic heterocycles. The first-order valence-electron chi connectivity index (χ1n) is 14.7. The minimum atomic E-state index is -1.77. The van der Waals surface area contributed by atoms with Crippen LogP contribution in [-0.2, 0) is 33.3 Å². The summed E-state index contributed by atoms with van der Waals surface area (Å²) in [5, 5.41) is 64.4. The number of nitrogens with two attached hydrogens (primary N) is 1. The van der Waals surface area contributed by atoms with Crippen molar-refractivity contribution in [2.24, 2.45) is 11.7 Å². The first-order valence-corrected chi connectivity index (χ1v) is 14.7. The molecule has 2 saturated heterocycles. The van der Waals surface area contributed by atoms with Crippen molar-refractivity contribution < 1.29 is 63.9 Å². The molecular formula is C27H44NO13-. The van der Waals surface area contributed by atoms with Gasteiger partial charge in [0.05, 0.1) is 30.4 Å². The highest BCUT2D eigenvalue weighted by atomic mass is 16.7. The zero-order chi connectivity index (χ0) is 29.8. The number of aliphatic hydroxyl groups excluding tert-OH is 5. The van der Waals surface area contributed by atoms with Crippen molar-refractivity contribution in [3.63, 3.8) is 0 Å². The van der Waals surface area contributed by atoms with Gasteiger partial charge in [0, 0.05) is 0 Å². The summed E-state index contributed by atoms with van der Waals surface area (Å²) in [5.74, 6) is -2.47. The summed E-state index contributed by atoms with van der Waals surface area (Å²) in [5.41, 5.74) is 5.45. The van der Waals surface area contributed by atoms with E-state index in [0.717, 1.165) is 44.9 Å². The van der Waals surface area contributed by atoms with Crippen LogP contribution >= 0.6 is 0 Å². The molecule has 4 fully saturated rings. The van der Waals surface area contributed by atoms with Crippen LogP contribution < -0.4 is 10.8 Å². The first-order chi connectivity index (χ1) is 19.5. The summed E-state index contributed by atoms with van der Waals surface area (Å²) in [6.07, 6.45) is -10.4. The molecule has 4 aliphatic rings. The lowest BCUT2D eigenvalue weighted by molar-refractivity contribution is -0.347. The van der Waals surface area contributed by atoms with E-state index in [9.17, 15) is 40.2 Å². The number of carboxylic acids is 1. The second-order valence-corrected chi connectivity index (χ2v) is 11.8. The molecule has 0 bridgehead atoms. The van der Waals surface area contributed by atoms with E-state index in [1.54, 1.807) is 0 Å². The predicted octanol–water partition coefficient (Wildman–Crippen LogP) is -2.44. The van der Waals surface area contributed by atoms with Crippen LogP contribution in [0.25, 0.3) is 0 Å². The number of carbonyl (C=O) groups is 2. The van der Waals surface area contributed by atoms with E-state index in [0.29, 0.717) is 12.8 Å². The maximum Gasteiger partial charge on any atom is 0.249 e. The lowest BCUT2D eigenvalue weighted by Gasteiger charge is -2.45. The largest absolute Gasteiger partial charge is 0.547 e. The van der Waals surface area contributed by atoms with Gasteiger partial charge in [-0.2, -0.15) is 0 Å². The fourth-order valence-corrected chi connectivity index (χ4v) is 6.31. The number of carbonyl (C=O) groups excluding carboxylic acids is 2. The van der Waals surface area contributed by atoms with Gasteiger partial charge < -0.3 is 64.9 Å². The Hall–Kier alpha value is -1.46. The molecule has 12 unspecified atom stereocenters. The van der Waals surface area contributed by atoms with Crippen LogP contribution in [0.3, 0.4) is 0 Å². The molecule has 1 amide bonds. The van der Waals surface area contributed by atoms with E-state index in [4.69, 9.17) is 29.4 Å². The molecule has 2 heterocycles. The van der Waals surface area contributed by atoms with Crippen LogP contribution in [-0.4, -0.2) is 117 Å². The van der Waals surface area contributed by atoms with E-state index in [1.165, 1.54) is 6.92 Å². The molecule has 0 aromatic carbocycles. The summed E-state index contributed by atoms with van der Waals surface area (Å²) in [6, 6.07) is 0. The molecule has 2 aliphatic carbocycles. The second kappa shape index (κ2) is 14.3. The Morgan fingerprint density at radius 3 is 1.93 bits per heavy atom. The van der Waals surface area contributed by atoms with Crippen LogP contribution in [0.2, 0.25) is 0 Å². The zero-order valence-corrected chi connectivity index (χ0v) is 23.2. The maximum absolute atomic E-state index is 12.1. The number of rotatable bonds is 10. The van der Waals surface area contributed by atoms with Crippen LogP contribution in [0.4, 0.5) is 0 Å². The molecule has 2 aliphatic heterocycles. The molecular weight excluding hydrogens is 546 g/mol. The predicted molar refractivity (Wildman–Crippen MR) is 135 cm³/mol. The summed E-state index contributed by atoms with van der Waals surface area (Å²) < 4.78 is 28.8. The van der Waals surface area contributed by atoms with Crippen LogP contribution in [0.15, 0.2) is 0 Å². The van der Waals surface area contributed by atoms with Crippen LogP contribution in [0.1, 0.15) is 71.1 Å². The van der Waals surface area contributed by atoms with E-state index in [2.05, 4.69) is 0 Å². The molecule has 0 aromatic rings. The third kappa shape index (κ3) is 7.74. The quantitative estimate of drug-likeness (QED) is 0.156. The van der Waals surface area contributed by atoms with Gasteiger partial charge in [0.1, 0.15) is 36.6 Å². The van der Waals surface area contributed by atoms with Crippen molar-refractivity contribution in [3.05, 3.63) is 0 Å². The number of amides is 1. The van der Waals surface area contributed by atoms with E-state index in [-0.39, 0.29) is 12.3 Å². The molecule has 236 valence electrons. The van der Waals surface area contributed by atoms with Crippen molar-refractivity contribution in [3.8, 4) is 0 Å². The first kappa shape index (κ1) is 32.5. The fraction of sp³-hybridized carbons (Fsp3) is 0.926. The number of carboxylic acid groups (broad SMARTS) is 1. The molecule has 41 heavy (non-hydrogen) atoms. The average molecular weight is 591 g/mol. The van der Waals surface area contributed by atoms with Crippen LogP contribution in [0, 0.1) is 5.92 Å². The van der Waals surface area contributed by atoms with Gasteiger partial charge >= 0.3 is 0 Å². The molecule has 14 nitrogen and oxygen atoms in total. The van der Waals surface area contributed by atoms with Gasteiger partial charge in [0.2, 0.25) is 5.91 Å². The minimum Gasteiger partial charge on any atom is -0.547 e. The van der Waals surface area contributed by atoms with Gasteiger partial charge in [0.25, 0.3) is 0 Å². The minimum absolute atomic E-state index is 0.0830. The molecule has 13 atom stereocenters. The zero-order valence-electron chi connectivity index (χ0n) is 23.2. The van der Waals surface area contributed by atoms with Gasteiger partial charge in [0.15, 0.2) is 18.7 Å². The number of hydrogen-bond acceptors (Lipinski definition) is 13. The summed E-state index contributed by atoms with van der Waals surface area (Å²) in [4.78, 5) is 24.1. The van der Waals surface area contributed by atoms with Gasteiger partial charge in [-0.3, -0.25) is 4.79 Å². The Labute approximate surface area is 238 Å². The van der Waals surface area contributed by atoms with E-state index >= 15 is 0 Å². The van der Waals surface area contributed by atoms with Gasteiger partial charge in [-0.05, 0) is 32.1 Å². The SMILES string of the molecule is CC1OC(OC2CCCCC2OC2OC(C(N)=O)C(O)C(O[C@@H](CC3CCCCC3)C(=O)[O-])C2O)C(O)C(O)C1O. The molecule has 14 heteroatoms. The maximum atomic E-state index is 12.1. The molecule has 7 N–H and O–H groups in total. The standard InChI is InChI=1S/C27H45NO13/c1-12-17(29)18(30)19(31)26(37-12)39-14-9-5-6-10-15(14)40-27-21(33)22(20(32)23(41-27)24(28)34)38-16(25(35)36)11-13-7-3-2-4-8-13/h12-23,26-27,29-33H,2-11H2,1H3,(H2,28,34)(H,35,36)/p-1/t12?,14?,15?,16-,17?,18?,19?,20?,21?,22?,23?,26?,27?/m0/s1. The number of hydrogen-bond donors (Lipinski definition) is 6. The Balaban J connectivity index is 1.47. The number of primary amides is 1. The number of aliphatic hydroxyl groups is 5. The Kier molecular flexibility index (Phi) is 11.4. The third-order valence-electron chi connectivity index (χ3n) is 8.75. The normalized spacial score (nSPS) is 43.4. The van der Waals surface area contributed by atoms with Gasteiger partial charge in [-0.15, -0.1) is 0 Å². The summed E-state index contributed by atoms with van der Waals surface area (Å²) >= 11 is 0. The summed E-state index contributed by atoms with van der Waals surface area (Å²) in [6.45, 7) is 1.53. The van der Waals surface area contributed by atoms with E-state index < -0.39 is 91.6 Å². The fourth-order valence-electron chi connectivity index (χ4n) is 6.31. The lowest BCUT2D eigenvalue weighted by atomic mass is 9.85. The highest BCUT2D eigenvalue weighted by molar-refractivity contribution is 5.79. The van der Waals surface area contributed by atoms with Gasteiger partial charge in [-0.25, -0.2) is 0 Å². The molecule has 4 rings (SSSR count). The van der Waals surface area contributed by atoms with Crippen molar-refractivity contribution in [1.29, 1.82) is 0 Å². The average Bonchev–Trinajstić information content (AvgIpc) is 2.94. The van der Waals surface area contributed by atoms with Crippen molar-refractivity contribution in [2.75, 3.05) is 0 Å². The molecule has 0 radical (unpaired) electrons. The molecule has 2 saturated carbocycles. The Morgan fingerprint density at radius 1 is 0.805 bits per heavy atom. The number of ether oxygens (including phenoxy) is 5. The van der Waals surface area contributed by atoms with Gasteiger partial charge in [-0.1, -0.05) is 44.9 Å². The Morgan fingerprint density at radius 2 is 1.37 bits per heavy atom. The van der Waals surface area contributed by atoms with Crippen LogP contribution in [0.5, 0.6) is 0 Å². The van der Waals surface area contributed by atoms with E-state index in [1.807, 2.05) is 0 Å². The van der Waals surface area contributed by atoms with Crippen molar-refractivity contribution >= 4 is 11.9 Å². The topological polar surface area (TPSA) is 231 Å². The highest BCUT2D eigenvalue weighted by Gasteiger charge is 2.51. The van der Waals surface area contributed by atoms with Crippen molar-refractivity contribution in [1.82, 2.24) is 0 Å². The van der Waals surface area contributed by atoms with Crippen molar-refractivity contribution in [2.45, 2.75) is 151 Å². The second-order valence-electron chi connectivity index (χ2n) is 11.8. The monoisotopic (exact) mass is 590 g/mol. The summed E-state index contributed by atoms with van der Waals surface area (Å²) in [7, 11) is 0. The number of aliphatic carboxylic acids is 1. The highest BCUT2D eigenvalue weighted by Crippen LogP contribution is 2.34.